The number of hydrogen-bond acceptors (Lipinski definition) is 10. The molecule has 0 aliphatic carbocycles. The van der Waals surface area contributed by atoms with Crippen LogP contribution in [0.1, 0.15) is 5.56 Å². The topological polar surface area (TPSA) is 139 Å². The van der Waals surface area contributed by atoms with Gasteiger partial charge in [0.25, 0.3) is 5.69 Å². The molecule has 0 saturated carbocycles. The molecular formula is C31H24N8O3. The SMILES string of the molecule is COc1ccc(Nc2nc(N/N=C\c3c4ccccc4cc4ccccc34)nc(Nc3ccc([N+](=O)[O-])cc3)n2)cc1. The van der Waals surface area contributed by atoms with E-state index in [4.69, 9.17) is 4.74 Å². The van der Waals surface area contributed by atoms with Crippen LogP contribution in [-0.4, -0.2) is 33.2 Å². The Bertz CT molecular complexity index is 1870. The molecule has 0 radical (unpaired) electrons. The van der Waals surface area contributed by atoms with Gasteiger partial charge < -0.3 is 15.4 Å². The first-order valence-corrected chi connectivity index (χ1v) is 12.9. The molecule has 0 fully saturated rings. The van der Waals surface area contributed by atoms with Crippen LogP contribution in [0.2, 0.25) is 0 Å². The van der Waals surface area contributed by atoms with Crippen LogP contribution in [0.5, 0.6) is 5.75 Å². The quantitative estimate of drug-likeness (QED) is 0.0741. The van der Waals surface area contributed by atoms with E-state index >= 15 is 0 Å². The van der Waals surface area contributed by atoms with Crippen LogP contribution in [-0.2, 0) is 0 Å². The standard InChI is InChI=1S/C31H24N8O3/c1-42-25-16-12-23(13-17-25)34-30-35-29(33-22-10-14-24(15-11-22)39(40)41)36-31(37-30)38-32-19-28-26-8-4-2-6-20(26)18-21-7-3-5-9-27(21)28/h2-19H,1H3,(H3,33,34,35,36,37,38)/b32-19-. The lowest BCUT2D eigenvalue weighted by molar-refractivity contribution is -0.384. The van der Waals surface area contributed by atoms with Crippen LogP contribution in [0.4, 0.5) is 34.9 Å². The van der Waals surface area contributed by atoms with Gasteiger partial charge in [-0.05, 0) is 64.0 Å². The van der Waals surface area contributed by atoms with Gasteiger partial charge in [-0.25, -0.2) is 5.43 Å². The number of non-ortho nitro benzene ring substituents is 1. The van der Waals surface area contributed by atoms with Crippen LogP contribution in [0, 0.1) is 10.1 Å². The van der Waals surface area contributed by atoms with Crippen molar-refractivity contribution in [1.29, 1.82) is 0 Å². The molecule has 0 bridgehead atoms. The van der Waals surface area contributed by atoms with E-state index in [0.29, 0.717) is 5.69 Å². The summed E-state index contributed by atoms with van der Waals surface area (Å²) in [6.07, 6.45) is 1.76. The van der Waals surface area contributed by atoms with Gasteiger partial charge in [0, 0.05) is 29.1 Å². The highest BCUT2D eigenvalue weighted by molar-refractivity contribution is 6.13. The second-order valence-electron chi connectivity index (χ2n) is 9.19. The zero-order valence-corrected chi connectivity index (χ0v) is 22.4. The van der Waals surface area contributed by atoms with Crippen molar-refractivity contribution in [3.8, 4) is 5.75 Å². The van der Waals surface area contributed by atoms with E-state index < -0.39 is 4.92 Å². The molecule has 0 aliphatic rings. The van der Waals surface area contributed by atoms with Crippen LogP contribution in [0.15, 0.2) is 108 Å². The number of benzene rings is 5. The lowest BCUT2D eigenvalue weighted by Crippen LogP contribution is -2.07. The van der Waals surface area contributed by atoms with E-state index in [1.807, 2.05) is 48.5 Å². The van der Waals surface area contributed by atoms with Gasteiger partial charge in [-0.1, -0.05) is 48.5 Å². The maximum atomic E-state index is 11.0. The van der Waals surface area contributed by atoms with Gasteiger partial charge in [0.15, 0.2) is 0 Å². The minimum atomic E-state index is -0.456. The van der Waals surface area contributed by atoms with Gasteiger partial charge in [0.1, 0.15) is 5.75 Å². The molecule has 6 rings (SSSR count). The summed E-state index contributed by atoms with van der Waals surface area (Å²) in [6.45, 7) is 0. The maximum absolute atomic E-state index is 11.0. The molecule has 6 aromatic rings. The summed E-state index contributed by atoms with van der Waals surface area (Å²) in [6, 6.07) is 31.7. The van der Waals surface area contributed by atoms with E-state index in [1.165, 1.54) is 12.1 Å². The smallest absolute Gasteiger partial charge is 0.269 e. The number of nitro benzene ring substituents is 1. The van der Waals surface area contributed by atoms with Gasteiger partial charge in [-0.3, -0.25) is 10.1 Å². The van der Waals surface area contributed by atoms with Crippen molar-refractivity contribution in [3.05, 3.63) is 119 Å². The molecule has 0 amide bonds. The number of fused-ring (bicyclic) bond motifs is 2. The minimum absolute atomic E-state index is 0.0179. The van der Waals surface area contributed by atoms with E-state index in [-0.39, 0.29) is 23.5 Å². The Morgan fingerprint density at radius 1 is 0.738 bits per heavy atom. The molecule has 0 saturated heterocycles. The number of hydrogen-bond donors (Lipinski definition) is 3. The highest BCUT2D eigenvalue weighted by Gasteiger charge is 2.10. The number of ether oxygens (including phenoxy) is 1. The second-order valence-corrected chi connectivity index (χ2v) is 9.19. The van der Waals surface area contributed by atoms with E-state index in [1.54, 1.807) is 25.5 Å². The number of nitrogens with zero attached hydrogens (tertiary/aromatic N) is 5. The third kappa shape index (κ3) is 5.75. The van der Waals surface area contributed by atoms with E-state index in [2.05, 4.69) is 66.4 Å². The Morgan fingerprint density at radius 3 is 1.81 bits per heavy atom. The summed E-state index contributed by atoms with van der Waals surface area (Å²) >= 11 is 0. The molecular weight excluding hydrogens is 532 g/mol. The molecule has 11 nitrogen and oxygen atoms in total. The van der Waals surface area contributed by atoms with Gasteiger partial charge in [0.2, 0.25) is 17.8 Å². The minimum Gasteiger partial charge on any atom is -0.497 e. The highest BCUT2D eigenvalue weighted by atomic mass is 16.6. The largest absolute Gasteiger partial charge is 0.497 e. The van der Waals surface area contributed by atoms with Crippen molar-refractivity contribution >= 4 is 62.7 Å². The third-order valence-corrected chi connectivity index (χ3v) is 6.49. The Morgan fingerprint density at radius 2 is 1.26 bits per heavy atom. The Kier molecular flexibility index (Phi) is 7.20. The lowest BCUT2D eigenvalue weighted by atomic mass is 9.97. The number of anilines is 5. The van der Waals surface area contributed by atoms with E-state index in [0.717, 1.165) is 38.5 Å². The summed E-state index contributed by atoms with van der Waals surface area (Å²) in [5, 5.41) is 26.1. The molecule has 42 heavy (non-hydrogen) atoms. The fourth-order valence-corrected chi connectivity index (χ4v) is 4.48. The number of nitro groups is 1. The van der Waals surface area contributed by atoms with Gasteiger partial charge in [-0.2, -0.15) is 20.1 Å². The predicted octanol–water partition coefficient (Wildman–Crippen LogP) is 7.03. The second kappa shape index (κ2) is 11.6. The number of hydrazone groups is 1. The van der Waals surface area contributed by atoms with Crippen molar-refractivity contribution in [3.63, 3.8) is 0 Å². The maximum Gasteiger partial charge on any atom is 0.269 e. The third-order valence-electron chi connectivity index (χ3n) is 6.49. The fourth-order valence-electron chi connectivity index (χ4n) is 4.48. The first kappa shape index (κ1) is 26.1. The summed E-state index contributed by atoms with van der Waals surface area (Å²) in [5.74, 6) is 1.37. The van der Waals surface area contributed by atoms with Crippen LogP contribution < -0.4 is 20.8 Å². The van der Waals surface area contributed by atoms with Crippen LogP contribution >= 0.6 is 0 Å². The molecule has 0 atom stereocenters. The molecule has 3 N–H and O–H groups in total. The van der Waals surface area contributed by atoms with Crippen molar-refractivity contribution in [2.45, 2.75) is 0 Å². The van der Waals surface area contributed by atoms with Gasteiger partial charge in [-0.15, -0.1) is 0 Å². The fraction of sp³-hybridized carbons (Fsp3) is 0.0323. The van der Waals surface area contributed by atoms with Gasteiger partial charge >= 0.3 is 0 Å². The first-order chi connectivity index (χ1) is 20.6. The lowest BCUT2D eigenvalue weighted by Gasteiger charge is -2.11. The van der Waals surface area contributed by atoms with Crippen molar-refractivity contribution in [1.82, 2.24) is 15.0 Å². The number of methoxy groups -OCH3 is 1. The number of rotatable bonds is 9. The van der Waals surface area contributed by atoms with Crippen molar-refractivity contribution in [2.75, 3.05) is 23.2 Å². The van der Waals surface area contributed by atoms with Crippen LogP contribution in [0.25, 0.3) is 21.5 Å². The Labute approximate surface area is 240 Å². The summed E-state index contributed by atoms with van der Waals surface area (Å²) in [5.41, 5.74) is 5.19. The first-order valence-electron chi connectivity index (χ1n) is 12.9. The van der Waals surface area contributed by atoms with E-state index in [9.17, 15) is 10.1 Å². The number of aromatic nitrogens is 3. The predicted molar refractivity (Wildman–Crippen MR) is 165 cm³/mol. The van der Waals surface area contributed by atoms with Crippen molar-refractivity contribution < 1.29 is 9.66 Å². The zero-order valence-electron chi connectivity index (χ0n) is 22.4. The number of nitrogens with one attached hydrogen (secondary N) is 3. The average Bonchev–Trinajstić information content (AvgIpc) is 3.01. The monoisotopic (exact) mass is 556 g/mol. The Balaban J connectivity index is 1.32. The molecule has 11 heteroatoms. The summed E-state index contributed by atoms with van der Waals surface area (Å²) < 4.78 is 5.23. The molecule has 0 aliphatic heterocycles. The summed E-state index contributed by atoms with van der Waals surface area (Å²) in [7, 11) is 1.60. The molecule has 0 spiro atoms. The van der Waals surface area contributed by atoms with Crippen molar-refractivity contribution in [2.24, 2.45) is 5.10 Å². The highest BCUT2D eigenvalue weighted by Crippen LogP contribution is 2.27. The van der Waals surface area contributed by atoms with Crippen LogP contribution in [0.3, 0.4) is 0 Å². The van der Waals surface area contributed by atoms with Gasteiger partial charge in [0.05, 0.1) is 18.2 Å². The normalized spacial score (nSPS) is 11.1. The molecule has 0 unspecified atom stereocenters. The average molecular weight is 557 g/mol. The molecule has 1 heterocycles. The molecule has 1 aromatic heterocycles. The summed E-state index contributed by atoms with van der Waals surface area (Å²) in [4.78, 5) is 24.0. The molecule has 206 valence electrons. The Hall–Kier alpha value is -6.10. The zero-order chi connectivity index (χ0) is 28.9. The molecule has 5 aromatic carbocycles.